The van der Waals surface area contributed by atoms with E-state index in [2.05, 4.69) is 10.6 Å². The molecule has 0 bridgehead atoms. The van der Waals surface area contributed by atoms with E-state index in [0.29, 0.717) is 12.1 Å². The average Bonchev–Trinajstić information content (AvgIpc) is 2.45. The lowest BCUT2D eigenvalue weighted by molar-refractivity contribution is -0.133. The highest BCUT2D eigenvalue weighted by Gasteiger charge is 2.26. The fourth-order valence-corrected chi connectivity index (χ4v) is 1.90. The van der Waals surface area contributed by atoms with E-state index in [9.17, 15) is 9.59 Å². The maximum Gasteiger partial charge on any atom is 0.635 e. The molecule has 1 aromatic rings. The molecule has 0 aromatic heterocycles. The number of anilines is 1. The predicted molar refractivity (Wildman–Crippen MR) is 86.9 cm³/mol. The molecule has 4 N–H and O–H groups in total. The molecule has 1 aromatic carbocycles. The summed E-state index contributed by atoms with van der Waals surface area (Å²) in [6.07, 6.45) is -0.495. The van der Waals surface area contributed by atoms with Gasteiger partial charge in [-0.2, -0.15) is 0 Å². The number of carbonyl (C=O) groups excluding carboxylic acids is 2. The molecular weight excluding hydrogens is 299 g/mol. The molecule has 0 spiro atoms. The van der Waals surface area contributed by atoms with Crippen LogP contribution >= 0.6 is 0 Å². The summed E-state index contributed by atoms with van der Waals surface area (Å²) in [5.41, 5.74) is 0.595. The van der Waals surface area contributed by atoms with Crippen molar-refractivity contribution in [1.29, 1.82) is 0 Å². The second-order valence-electron chi connectivity index (χ2n) is 5.67. The molecule has 0 fully saturated rings. The van der Waals surface area contributed by atoms with Gasteiger partial charge in [-0.25, -0.2) is 0 Å². The third kappa shape index (κ3) is 7.27. The smallest absolute Gasteiger partial charge is 0.402 e. The van der Waals surface area contributed by atoms with Crippen LogP contribution in [-0.4, -0.2) is 35.4 Å². The Kier molecular flexibility index (Phi) is 7.74. The van der Waals surface area contributed by atoms with E-state index < -0.39 is 31.3 Å². The molecule has 126 valence electrons. The molecule has 7 nitrogen and oxygen atoms in total. The molecule has 0 saturated heterocycles. The lowest BCUT2D eigenvalue weighted by Crippen LogP contribution is -2.46. The van der Waals surface area contributed by atoms with Gasteiger partial charge >= 0.3 is 7.32 Å². The van der Waals surface area contributed by atoms with Gasteiger partial charge in [-0.3, -0.25) is 9.59 Å². The number of nitrogens with one attached hydrogen (secondary N) is 2. The van der Waals surface area contributed by atoms with E-state index in [4.69, 9.17) is 14.7 Å². The lowest BCUT2D eigenvalue weighted by Gasteiger charge is -2.22. The second kappa shape index (κ2) is 9.29. The van der Waals surface area contributed by atoms with E-state index >= 15 is 0 Å². The first-order valence-corrected chi connectivity index (χ1v) is 7.47. The fraction of sp³-hybridized carbons (Fsp3) is 0.467. The topological polar surface area (TPSA) is 108 Å². The zero-order valence-corrected chi connectivity index (χ0v) is 13.5. The van der Waals surface area contributed by atoms with Crippen LogP contribution in [-0.2, 0) is 14.2 Å². The Balaban J connectivity index is 2.60. The molecule has 2 amide bonds. The lowest BCUT2D eigenvalue weighted by atomic mass is 10.1. The summed E-state index contributed by atoms with van der Waals surface area (Å²) in [4.78, 5) is 24.2. The first-order chi connectivity index (χ1) is 10.8. The van der Waals surface area contributed by atoms with Crippen molar-refractivity contribution < 1.29 is 24.3 Å². The standard InChI is InChI=1S/C15H23BN2O5/c1-10(2)9-13(23-16(21)22)18-15(20)11(3)14(19)17-12-7-5-4-6-8-12/h4-8,10-11,13,21-22H,9H2,1-3H3,(H,17,19)(H,18,20)/t11?,13-/m1/s1. The average molecular weight is 322 g/mol. The molecule has 0 heterocycles. The van der Waals surface area contributed by atoms with Crippen molar-refractivity contribution >= 4 is 24.8 Å². The Labute approximate surface area is 136 Å². The summed E-state index contributed by atoms with van der Waals surface area (Å²) in [7, 11) is -1.99. The number of hydrogen-bond donors (Lipinski definition) is 4. The maximum absolute atomic E-state index is 12.1. The summed E-state index contributed by atoms with van der Waals surface area (Å²) in [6, 6.07) is 8.80. The van der Waals surface area contributed by atoms with Crippen LogP contribution in [0.1, 0.15) is 27.2 Å². The minimum absolute atomic E-state index is 0.160. The Morgan fingerprint density at radius 3 is 2.26 bits per heavy atom. The Morgan fingerprint density at radius 2 is 1.74 bits per heavy atom. The van der Waals surface area contributed by atoms with Gasteiger partial charge in [0.1, 0.15) is 12.1 Å². The van der Waals surface area contributed by atoms with E-state index in [1.54, 1.807) is 24.3 Å². The highest BCUT2D eigenvalue weighted by atomic mass is 16.6. The minimum atomic E-state index is -1.99. The molecule has 0 aliphatic carbocycles. The van der Waals surface area contributed by atoms with Crippen molar-refractivity contribution in [1.82, 2.24) is 5.32 Å². The van der Waals surface area contributed by atoms with Crippen LogP contribution in [0, 0.1) is 11.8 Å². The van der Waals surface area contributed by atoms with E-state index in [0.717, 1.165) is 0 Å². The van der Waals surface area contributed by atoms with Gasteiger partial charge in [0, 0.05) is 5.69 Å². The van der Waals surface area contributed by atoms with Crippen LogP contribution in [0.2, 0.25) is 0 Å². The predicted octanol–water partition coefficient (Wildman–Crippen LogP) is 0.736. The molecule has 0 saturated carbocycles. The molecule has 8 heteroatoms. The van der Waals surface area contributed by atoms with Crippen LogP contribution in [0.3, 0.4) is 0 Å². The normalized spacial score (nSPS) is 13.3. The first kappa shape index (κ1) is 19.2. The zero-order valence-electron chi connectivity index (χ0n) is 13.5. The van der Waals surface area contributed by atoms with E-state index in [1.807, 2.05) is 19.9 Å². The summed E-state index contributed by atoms with van der Waals surface area (Å²) in [5.74, 6) is -1.80. The van der Waals surface area contributed by atoms with Gasteiger partial charge in [-0.05, 0) is 31.4 Å². The SMILES string of the molecule is CC(C)C[C@H](NC(=O)C(C)C(=O)Nc1ccccc1)OB(O)O. The molecule has 0 aliphatic rings. The molecule has 1 rings (SSSR count). The van der Waals surface area contributed by atoms with Gasteiger partial charge in [-0.1, -0.05) is 32.0 Å². The summed E-state index contributed by atoms with van der Waals surface area (Å²) >= 11 is 0. The number of carbonyl (C=O) groups is 2. The van der Waals surface area contributed by atoms with Crippen LogP contribution in [0.5, 0.6) is 0 Å². The third-order valence-electron chi connectivity index (χ3n) is 3.10. The Bertz CT molecular complexity index is 500. The summed E-state index contributed by atoms with van der Waals surface area (Å²) in [6.45, 7) is 5.27. The molecule has 23 heavy (non-hydrogen) atoms. The summed E-state index contributed by atoms with van der Waals surface area (Å²) in [5, 5.41) is 22.9. The fourth-order valence-electron chi connectivity index (χ4n) is 1.90. The van der Waals surface area contributed by atoms with Crippen LogP contribution in [0.15, 0.2) is 30.3 Å². The quantitative estimate of drug-likeness (QED) is 0.321. The number of amides is 2. The number of benzene rings is 1. The molecule has 2 atom stereocenters. The maximum atomic E-state index is 12.1. The van der Waals surface area contributed by atoms with Gasteiger partial charge in [0.05, 0.1) is 0 Å². The van der Waals surface area contributed by atoms with Crippen molar-refractivity contribution in [2.75, 3.05) is 5.32 Å². The van der Waals surface area contributed by atoms with Crippen LogP contribution < -0.4 is 10.6 Å². The molecule has 1 unspecified atom stereocenters. The monoisotopic (exact) mass is 322 g/mol. The number of hydrogen-bond acceptors (Lipinski definition) is 5. The van der Waals surface area contributed by atoms with Gasteiger partial charge in [0.2, 0.25) is 11.8 Å². The summed E-state index contributed by atoms with van der Waals surface area (Å²) < 4.78 is 4.83. The highest BCUT2D eigenvalue weighted by Crippen LogP contribution is 2.10. The van der Waals surface area contributed by atoms with Crippen LogP contribution in [0.4, 0.5) is 5.69 Å². The number of rotatable bonds is 8. The largest absolute Gasteiger partial charge is 0.635 e. The third-order valence-corrected chi connectivity index (χ3v) is 3.10. The molecular formula is C15H23BN2O5. The highest BCUT2D eigenvalue weighted by molar-refractivity contribution is 6.32. The van der Waals surface area contributed by atoms with E-state index in [1.165, 1.54) is 6.92 Å². The van der Waals surface area contributed by atoms with Gasteiger partial charge in [0.15, 0.2) is 0 Å². The van der Waals surface area contributed by atoms with Crippen molar-refractivity contribution in [3.05, 3.63) is 30.3 Å². The minimum Gasteiger partial charge on any atom is -0.402 e. The van der Waals surface area contributed by atoms with E-state index in [-0.39, 0.29) is 5.92 Å². The molecule has 0 radical (unpaired) electrons. The van der Waals surface area contributed by atoms with Crippen molar-refractivity contribution in [2.45, 2.75) is 33.4 Å². The van der Waals surface area contributed by atoms with Gasteiger partial charge in [0.25, 0.3) is 0 Å². The number of para-hydroxylation sites is 1. The van der Waals surface area contributed by atoms with Crippen molar-refractivity contribution in [3.63, 3.8) is 0 Å². The van der Waals surface area contributed by atoms with Crippen LogP contribution in [0.25, 0.3) is 0 Å². The molecule has 0 aliphatic heterocycles. The Hall–Kier alpha value is -1.90. The van der Waals surface area contributed by atoms with Gasteiger partial charge < -0.3 is 25.3 Å². The Morgan fingerprint density at radius 1 is 1.13 bits per heavy atom. The van der Waals surface area contributed by atoms with Crippen molar-refractivity contribution in [3.8, 4) is 0 Å². The first-order valence-electron chi connectivity index (χ1n) is 7.47. The van der Waals surface area contributed by atoms with Gasteiger partial charge in [-0.15, -0.1) is 0 Å². The zero-order chi connectivity index (χ0) is 17.4. The van der Waals surface area contributed by atoms with Crippen molar-refractivity contribution in [2.24, 2.45) is 11.8 Å². The second-order valence-corrected chi connectivity index (χ2v) is 5.67.